The second kappa shape index (κ2) is 5.50. The van der Waals surface area contributed by atoms with E-state index in [1.165, 1.54) is 4.90 Å². The van der Waals surface area contributed by atoms with Crippen LogP contribution in [0.25, 0.3) is 0 Å². The van der Waals surface area contributed by atoms with Gasteiger partial charge in [0, 0.05) is 26.1 Å². The number of amides is 1. The second-order valence-electron chi connectivity index (χ2n) is 3.47. The van der Waals surface area contributed by atoms with Crippen LogP contribution in [0, 0.1) is 0 Å². The highest BCUT2D eigenvalue weighted by Gasteiger charge is 2.31. The third-order valence-electron chi connectivity index (χ3n) is 2.41. The SMILES string of the molecule is C=CCCC(=O)N1CCNCC1C(=O)O. The molecule has 1 atom stereocenters. The third kappa shape index (κ3) is 3.06. The molecule has 0 aromatic carbocycles. The van der Waals surface area contributed by atoms with Gasteiger partial charge in [-0.25, -0.2) is 4.79 Å². The van der Waals surface area contributed by atoms with Gasteiger partial charge in [-0.05, 0) is 6.42 Å². The molecule has 5 nitrogen and oxygen atoms in total. The highest BCUT2D eigenvalue weighted by atomic mass is 16.4. The van der Waals surface area contributed by atoms with Gasteiger partial charge in [0.2, 0.25) is 5.91 Å². The summed E-state index contributed by atoms with van der Waals surface area (Å²) in [6, 6.07) is -0.726. The summed E-state index contributed by atoms with van der Waals surface area (Å²) >= 11 is 0. The first-order valence-electron chi connectivity index (χ1n) is 5.00. The van der Waals surface area contributed by atoms with Gasteiger partial charge < -0.3 is 15.3 Å². The van der Waals surface area contributed by atoms with Crippen LogP contribution in [0.15, 0.2) is 12.7 Å². The van der Waals surface area contributed by atoms with Crippen molar-refractivity contribution in [2.24, 2.45) is 0 Å². The van der Waals surface area contributed by atoms with Gasteiger partial charge in [-0.3, -0.25) is 4.79 Å². The molecular formula is C10H16N2O3. The van der Waals surface area contributed by atoms with Gasteiger partial charge in [0.25, 0.3) is 0 Å². The maximum absolute atomic E-state index is 11.7. The Kier molecular flexibility index (Phi) is 4.30. The van der Waals surface area contributed by atoms with Crippen molar-refractivity contribution in [3.05, 3.63) is 12.7 Å². The van der Waals surface area contributed by atoms with Crippen LogP contribution in [0.5, 0.6) is 0 Å². The summed E-state index contributed by atoms with van der Waals surface area (Å²) in [5.41, 5.74) is 0. The van der Waals surface area contributed by atoms with Gasteiger partial charge in [0.1, 0.15) is 6.04 Å². The van der Waals surface area contributed by atoms with Crippen LogP contribution in [0.1, 0.15) is 12.8 Å². The van der Waals surface area contributed by atoms with E-state index in [1.807, 2.05) is 0 Å². The molecule has 0 aliphatic carbocycles. The van der Waals surface area contributed by atoms with E-state index in [2.05, 4.69) is 11.9 Å². The van der Waals surface area contributed by atoms with Crippen molar-refractivity contribution in [2.75, 3.05) is 19.6 Å². The lowest BCUT2D eigenvalue weighted by Gasteiger charge is -2.33. The molecule has 0 radical (unpaired) electrons. The fourth-order valence-corrected chi connectivity index (χ4v) is 1.59. The zero-order valence-electron chi connectivity index (χ0n) is 8.61. The fraction of sp³-hybridized carbons (Fsp3) is 0.600. The molecule has 84 valence electrons. The van der Waals surface area contributed by atoms with Gasteiger partial charge in [-0.15, -0.1) is 6.58 Å². The lowest BCUT2D eigenvalue weighted by Crippen LogP contribution is -2.56. The summed E-state index contributed by atoms with van der Waals surface area (Å²) < 4.78 is 0. The molecule has 2 N–H and O–H groups in total. The Morgan fingerprint density at radius 1 is 1.60 bits per heavy atom. The van der Waals surface area contributed by atoms with Gasteiger partial charge >= 0.3 is 5.97 Å². The van der Waals surface area contributed by atoms with Gasteiger partial charge in [0.05, 0.1) is 0 Å². The number of carboxylic acid groups (broad SMARTS) is 1. The first-order valence-corrected chi connectivity index (χ1v) is 5.00. The van der Waals surface area contributed by atoms with E-state index in [0.717, 1.165) is 0 Å². The number of nitrogens with zero attached hydrogens (tertiary/aromatic N) is 1. The van der Waals surface area contributed by atoms with E-state index in [0.29, 0.717) is 32.5 Å². The number of carbonyl (C=O) groups is 2. The second-order valence-corrected chi connectivity index (χ2v) is 3.47. The highest BCUT2D eigenvalue weighted by Crippen LogP contribution is 2.07. The number of carbonyl (C=O) groups excluding carboxylic acids is 1. The predicted molar refractivity (Wildman–Crippen MR) is 55.4 cm³/mol. The normalized spacial score (nSPS) is 21.1. The standard InChI is InChI=1S/C10H16N2O3/c1-2-3-4-9(13)12-6-5-11-7-8(12)10(14)15/h2,8,11H,1,3-7H2,(H,14,15). The van der Waals surface area contributed by atoms with Crippen LogP contribution in [-0.4, -0.2) is 47.6 Å². The number of rotatable bonds is 4. The van der Waals surface area contributed by atoms with Crippen molar-refractivity contribution in [2.45, 2.75) is 18.9 Å². The summed E-state index contributed by atoms with van der Waals surface area (Å²) in [5, 5.41) is 11.9. The lowest BCUT2D eigenvalue weighted by molar-refractivity contribution is -0.151. The number of nitrogens with one attached hydrogen (secondary N) is 1. The molecule has 0 bridgehead atoms. The average Bonchev–Trinajstić information content (AvgIpc) is 2.25. The first-order chi connectivity index (χ1) is 7.16. The van der Waals surface area contributed by atoms with E-state index in [4.69, 9.17) is 5.11 Å². The molecule has 1 fully saturated rings. The molecule has 1 amide bonds. The van der Waals surface area contributed by atoms with E-state index in [1.54, 1.807) is 6.08 Å². The summed E-state index contributed by atoms with van der Waals surface area (Å²) in [6.07, 6.45) is 2.60. The van der Waals surface area contributed by atoms with E-state index >= 15 is 0 Å². The molecule has 0 aromatic heterocycles. The lowest BCUT2D eigenvalue weighted by atomic mass is 10.1. The van der Waals surface area contributed by atoms with Crippen molar-refractivity contribution >= 4 is 11.9 Å². The summed E-state index contributed by atoms with van der Waals surface area (Å²) in [5.74, 6) is -1.06. The molecular weight excluding hydrogens is 196 g/mol. The number of piperazine rings is 1. The van der Waals surface area contributed by atoms with Crippen molar-refractivity contribution < 1.29 is 14.7 Å². The van der Waals surface area contributed by atoms with Gasteiger partial charge in [-0.2, -0.15) is 0 Å². The van der Waals surface area contributed by atoms with Crippen LogP contribution in [0.4, 0.5) is 0 Å². The molecule has 5 heteroatoms. The summed E-state index contributed by atoms with van der Waals surface area (Å²) in [6.45, 7) is 4.98. The van der Waals surface area contributed by atoms with Crippen molar-refractivity contribution in [1.82, 2.24) is 10.2 Å². The zero-order valence-corrected chi connectivity index (χ0v) is 8.61. The molecule has 1 aliphatic heterocycles. The Hall–Kier alpha value is -1.36. The number of hydrogen-bond acceptors (Lipinski definition) is 3. The highest BCUT2D eigenvalue weighted by molar-refractivity contribution is 5.84. The third-order valence-corrected chi connectivity index (χ3v) is 2.41. The monoisotopic (exact) mass is 212 g/mol. The fourth-order valence-electron chi connectivity index (χ4n) is 1.59. The van der Waals surface area contributed by atoms with Crippen LogP contribution in [0.3, 0.4) is 0 Å². The number of allylic oxidation sites excluding steroid dienone is 1. The number of carboxylic acids is 1. The molecule has 0 aromatic rings. The molecule has 1 unspecified atom stereocenters. The largest absolute Gasteiger partial charge is 0.480 e. The van der Waals surface area contributed by atoms with Crippen molar-refractivity contribution in [3.8, 4) is 0 Å². The summed E-state index contributed by atoms with van der Waals surface area (Å²) in [7, 11) is 0. The Morgan fingerprint density at radius 3 is 2.93 bits per heavy atom. The van der Waals surface area contributed by atoms with Crippen molar-refractivity contribution in [1.29, 1.82) is 0 Å². The number of hydrogen-bond donors (Lipinski definition) is 2. The molecule has 15 heavy (non-hydrogen) atoms. The van der Waals surface area contributed by atoms with Crippen LogP contribution < -0.4 is 5.32 Å². The molecule has 1 aliphatic rings. The molecule has 1 heterocycles. The van der Waals surface area contributed by atoms with Crippen LogP contribution in [0.2, 0.25) is 0 Å². The Morgan fingerprint density at radius 2 is 2.33 bits per heavy atom. The average molecular weight is 212 g/mol. The minimum absolute atomic E-state index is 0.108. The Labute approximate surface area is 88.8 Å². The minimum atomic E-state index is -0.950. The van der Waals surface area contributed by atoms with Crippen molar-refractivity contribution in [3.63, 3.8) is 0 Å². The predicted octanol–water partition coefficient (Wildman–Crippen LogP) is -0.162. The zero-order chi connectivity index (χ0) is 11.3. The van der Waals surface area contributed by atoms with E-state index < -0.39 is 12.0 Å². The summed E-state index contributed by atoms with van der Waals surface area (Å²) in [4.78, 5) is 24.0. The van der Waals surface area contributed by atoms with Crippen LogP contribution >= 0.6 is 0 Å². The van der Waals surface area contributed by atoms with Gasteiger partial charge in [-0.1, -0.05) is 6.08 Å². The Bertz CT molecular complexity index is 265. The maximum Gasteiger partial charge on any atom is 0.327 e. The molecule has 0 spiro atoms. The maximum atomic E-state index is 11.7. The smallest absolute Gasteiger partial charge is 0.327 e. The topological polar surface area (TPSA) is 69.6 Å². The number of aliphatic carboxylic acids is 1. The molecule has 1 saturated heterocycles. The van der Waals surface area contributed by atoms with Gasteiger partial charge in [0.15, 0.2) is 0 Å². The van der Waals surface area contributed by atoms with E-state index in [9.17, 15) is 9.59 Å². The first kappa shape index (κ1) is 11.7. The molecule has 1 rings (SSSR count). The Balaban J connectivity index is 2.58. The quantitative estimate of drug-likeness (QED) is 0.635. The minimum Gasteiger partial charge on any atom is -0.480 e. The van der Waals surface area contributed by atoms with E-state index in [-0.39, 0.29) is 5.91 Å². The van der Waals surface area contributed by atoms with Crippen LogP contribution in [-0.2, 0) is 9.59 Å². The molecule has 0 saturated carbocycles.